The molecule has 1 aromatic carbocycles. The lowest BCUT2D eigenvalue weighted by Crippen LogP contribution is -2.29. The largest absolute Gasteiger partial charge is 0.310 e. The number of hydrogen-bond donors (Lipinski definition) is 1. The number of nitrogens with one attached hydrogen (secondary N) is 1. The van der Waals surface area contributed by atoms with E-state index in [0.717, 1.165) is 24.0 Å². The maximum absolute atomic E-state index is 12.7. The van der Waals surface area contributed by atoms with Crippen molar-refractivity contribution in [3.05, 3.63) is 29.3 Å². The zero-order valence-corrected chi connectivity index (χ0v) is 14.6. The summed E-state index contributed by atoms with van der Waals surface area (Å²) >= 11 is 0. The minimum Gasteiger partial charge on any atom is -0.310 e. The van der Waals surface area contributed by atoms with Crippen LogP contribution < -0.4 is 5.32 Å². The van der Waals surface area contributed by atoms with Gasteiger partial charge in [-0.2, -0.15) is 0 Å². The summed E-state index contributed by atoms with van der Waals surface area (Å²) in [4.78, 5) is 0.421. The van der Waals surface area contributed by atoms with Crippen LogP contribution in [0, 0.1) is 6.92 Å². The van der Waals surface area contributed by atoms with Crippen molar-refractivity contribution in [3.8, 4) is 0 Å². The van der Waals surface area contributed by atoms with Crippen LogP contribution in [0.15, 0.2) is 23.1 Å². The van der Waals surface area contributed by atoms with E-state index >= 15 is 0 Å². The summed E-state index contributed by atoms with van der Waals surface area (Å²) < 4.78 is 26.8. The van der Waals surface area contributed by atoms with E-state index in [1.54, 1.807) is 13.1 Å². The molecule has 0 saturated heterocycles. The lowest BCUT2D eigenvalue weighted by atomic mass is 10.1. The predicted octanol–water partition coefficient (Wildman–Crippen LogP) is 2.91. The Balaban J connectivity index is 3.02. The van der Waals surface area contributed by atoms with Gasteiger partial charge in [0.25, 0.3) is 0 Å². The molecule has 5 heteroatoms. The zero-order chi connectivity index (χ0) is 16.0. The van der Waals surface area contributed by atoms with Crippen molar-refractivity contribution < 1.29 is 8.42 Å². The van der Waals surface area contributed by atoms with Gasteiger partial charge in [0.2, 0.25) is 10.0 Å². The summed E-state index contributed by atoms with van der Waals surface area (Å²) in [7, 11) is -1.74. The number of unbranched alkanes of at least 4 members (excludes halogenated alkanes) is 1. The zero-order valence-electron chi connectivity index (χ0n) is 13.8. The van der Waals surface area contributed by atoms with Gasteiger partial charge in [-0.05, 0) is 30.5 Å². The minimum atomic E-state index is -3.40. The monoisotopic (exact) mass is 312 g/mol. The molecule has 0 amide bonds. The van der Waals surface area contributed by atoms with Crippen molar-refractivity contribution in [1.29, 1.82) is 0 Å². The number of sulfonamides is 1. The molecule has 21 heavy (non-hydrogen) atoms. The van der Waals surface area contributed by atoms with Gasteiger partial charge in [-0.25, -0.2) is 12.7 Å². The van der Waals surface area contributed by atoms with Crippen molar-refractivity contribution in [3.63, 3.8) is 0 Å². The molecule has 0 saturated carbocycles. The Hall–Kier alpha value is -0.910. The van der Waals surface area contributed by atoms with Crippen LogP contribution in [0.4, 0.5) is 0 Å². The predicted molar refractivity (Wildman–Crippen MR) is 87.9 cm³/mol. The first-order chi connectivity index (χ1) is 9.78. The maximum Gasteiger partial charge on any atom is 0.243 e. The van der Waals surface area contributed by atoms with E-state index in [-0.39, 0.29) is 0 Å². The first-order valence-electron chi connectivity index (χ1n) is 7.58. The molecule has 120 valence electrons. The highest BCUT2D eigenvalue weighted by Crippen LogP contribution is 2.21. The Labute approximate surface area is 129 Å². The van der Waals surface area contributed by atoms with Crippen LogP contribution >= 0.6 is 0 Å². The van der Waals surface area contributed by atoms with E-state index in [4.69, 9.17) is 0 Å². The molecule has 0 aliphatic carbocycles. The molecule has 0 heterocycles. The molecule has 0 fully saturated rings. The fourth-order valence-corrected chi connectivity index (χ4v) is 3.50. The maximum atomic E-state index is 12.7. The average molecular weight is 312 g/mol. The van der Waals surface area contributed by atoms with Crippen molar-refractivity contribution in [2.24, 2.45) is 0 Å². The third kappa shape index (κ3) is 5.09. The van der Waals surface area contributed by atoms with Crippen molar-refractivity contribution in [1.82, 2.24) is 9.62 Å². The van der Waals surface area contributed by atoms with Gasteiger partial charge in [0, 0.05) is 26.2 Å². The fraction of sp³-hybridized carbons (Fsp3) is 0.625. The second-order valence-electron chi connectivity index (χ2n) is 5.82. The van der Waals surface area contributed by atoms with E-state index in [9.17, 15) is 8.42 Å². The first-order valence-corrected chi connectivity index (χ1v) is 9.02. The van der Waals surface area contributed by atoms with Crippen LogP contribution in [0.25, 0.3) is 0 Å². The number of aryl methyl sites for hydroxylation is 1. The molecular formula is C16H28N2O2S. The highest BCUT2D eigenvalue weighted by atomic mass is 32.2. The highest BCUT2D eigenvalue weighted by molar-refractivity contribution is 7.89. The normalized spacial score (nSPS) is 12.3. The Morgan fingerprint density at radius 1 is 1.29 bits per heavy atom. The molecule has 0 aliphatic heterocycles. The number of benzene rings is 1. The number of nitrogens with zero attached hydrogens (tertiary/aromatic N) is 1. The molecule has 4 nitrogen and oxygen atoms in total. The molecule has 0 unspecified atom stereocenters. The van der Waals surface area contributed by atoms with Crippen molar-refractivity contribution in [2.75, 3.05) is 13.6 Å². The Bertz CT molecular complexity index is 553. The molecule has 0 aliphatic rings. The summed E-state index contributed by atoms with van der Waals surface area (Å²) in [6.45, 7) is 9.30. The van der Waals surface area contributed by atoms with Crippen LogP contribution in [0.1, 0.15) is 44.7 Å². The number of hydrogen-bond acceptors (Lipinski definition) is 3. The summed E-state index contributed by atoms with van der Waals surface area (Å²) in [6.07, 6.45) is 1.86. The van der Waals surface area contributed by atoms with Crippen molar-refractivity contribution >= 4 is 10.0 Å². The molecule has 0 radical (unpaired) electrons. The van der Waals surface area contributed by atoms with Gasteiger partial charge in [0.1, 0.15) is 0 Å². The lowest BCUT2D eigenvalue weighted by Gasteiger charge is -2.19. The van der Waals surface area contributed by atoms with Crippen LogP contribution in [-0.2, 0) is 16.6 Å². The molecule has 0 aromatic heterocycles. The van der Waals surface area contributed by atoms with Crippen molar-refractivity contribution in [2.45, 2.75) is 58.0 Å². The molecule has 0 atom stereocenters. The second kappa shape index (κ2) is 7.92. The molecular weight excluding hydrogens is 284 g/mol. The second-order valence-corrected chi connectivity index (χ2v) is 7.83. The van der Waals surface area contributed by atoms with Gasteiger partial charge in [0.05, 0.1) is 4.90 Å². The van der Waals surface area contributed by atoms with E-state index in [1.165, 1.54) is 4.31 Å². The van der Waals surface area contributed by atoms with Crippen LogP contribution in [0.5, 0.6) is 0 Å². The smallest absolute Gasteiger partial charge is 0.243 e. The van der Waals surface area contributed by atoms with E-state index in [1.807, 2.05) is 19.1 Å². The van der Waals surface area contributed by atoms with E-state index < -0.39 is 10.0 Å². The van der Waals surface area contributed by atoms with Gasteiger partial charge in [-0.15, -0.1) is 0 Å². The van der Waals surface area contributed by atoms with Crippen LogP contribution in [-0.4, -0.2) is 32.4 Å². The van der Waals surface area contributed by atoms with Crippen LogP contribution in [0.2, 0.25) is 0 Å². The van der Waals surface area contributed by atoms with Gasteiger partial charge >= 0.3 is 0 Å². The molecule has 0 spiro atoms. The van der Waals surface area contributed by atoms with Gasteiger partial charge in [-0.3, -0.25) is 0 Å². The Morgan fingerprint density at radius 3 is 2.52 bits per heavy atom. The molecule has 0 bridgehead atoms. The molecule has 1 N–H and O–H groups in total. The summed E-state index contributed by atoms with van der Waals surface area (Å²) in [5.41, 5.74) is 1.79. The average Bonchev–Trinajstić information content (AvgIpc) is 2.43. The van der Waals surface area contributed by atoms with Gasteiger partial charge in [0.15, 0.2) is 0 Å². The third-order valence-electron chi connectivity index (χ3n) is 3.48. The summed E-state index contributed by atoms with van der Waals surface area (Å²) in [5, 5.41) is 3.31. The number of rotatable bonds is 8. The van der Waals surface area contributed by atoms with E-state index in [0.29, 0.717) is 24.0 Å². The first kappa shape index (κ1) is 18.1. The summed E-state index contributed by atoms with van der Waals surface area (Å²) in [6, 6.07) is 6.04. The standard InChI is InChI=1S/C16H28N2O2S/c1-6-7-10-18(5)21(19,20)16-11-15(9-8-14(16)4)12-17-13(2)3/h8-9,11,13,17H,6-7,10,12H2,1-5H3. The van der Waals surface area contributed by atoms with E-state index in [2.05, 4.69) is 26.1 Å². The summed E-state index contributed by atoms with van der Waals surface area (Å²) in [5.74, 6) is 0. The van der Waals surface area contributed by atoms with Gasteiger partial charge in [-0.1, -0.05) is 39.3 Å². The SMILES string of the molecule is CCCCN(C)S(=O)(=O)c1cc(CNC(C)C)ccc1C. The fourth-order valence-electron chi connectivity index (χ4n) is 2.02. The molecule has 1 aromatic rings. The Kier molecular flexibility index (Phi) is 6.84. The lowest BCUT2D eigenvalue weighted by molar-refractivity contribution is 0.459. The quantitative estimate of drug-likeness (QED) is 0.803. The minimum absolute atomic E-state index is 0.374. The topological polar surface area (TPSA) is 49.4 Å². The van der Waals surface area contributed by atoms with Crippen LogP contribution in [0.3, 0.4) is 0 Å². The highest BCUT2D eigenvalue weighted by Gasteiger charge is 2.22. The molecule has 1 rings (SSSR count). The van der Waals surface area contributed by atoms with Gasteiger partial charge < -0.3 is 5.32 Å². The Morgan fingerprint density at radius 2 is 1.95 bits per heavy atom. The third-order valence-corrected chi connectivity index (χ3v) is 5.48.